The van der Waals surface area contributed by atoms with Gasteiger partial charge in [-0.1, -0.05) is 23.7 Å². The molecule has 0 saturated heterocycles. The van der Waals surface area contributed by atoms with Crippen LogP contribution in [0, 0.1) is 0 Å². The number of furan rings is 1. The molecule has 19 heavy (non-hydrogen) atoms. The van der Waals surface area contributed by atoms with Gasteiger partial charge in [-0.15, -0.1) is 0 Å². The number of rotatable bonds is 7. The van der Waals surface area contributed by atoms with Gasteiger partial charge in [0.15, 0.2) is 0 Å². The molecule has 1 aromatic heterocycles. The molecule has 0 aliphatic heterocycles. The lowest BCUT2D eigenvalue weighted by molar-refractivity contribution is 0.194. The monoisotopic (exact) mass is 279 g/mol. The van der Waals surface area contributed by atoms with E-state index in [0.717, 1.165) is 43.2 Å². The highest BCUT2D eigenvalue weighted by Crippen LogP contribution is 2.24. The van der Waals surface area contributed by atoms with Crippen molar-refractivity contribution in [1.82, 2.24) is 5.32 Å². The Balaban J connectivity index is 1.88. The summed E-state index contributed by atoms with van der Waals surface area (Å²) in [6, 6.07) is 11.6. The summed E-state index contributed by atoms with van der Waals surface area (Å²) in [5.41, 5.74) is 0.998. The quantitative estimate of drug-likeness (QED) is 0.784. The number of benzene rings is 1. The van der Waals surface area contributed by atoms with E-state index in [2.05, 4.69) is 5.32 Å². The third kappa shape index (κ3) is 4.39. The van der Waals surface area contributed by atoms with Crippen molar-refractivity contribution in [2.75, 3.05) is 20.3 Å². The summed E-state index contributed by atoms with van der Waals surface area (Å²) in [6.45, 7) is 2.42. The van der Waals surface area contributed by atoms with Crippen LogP contribution in [0.3, 0.4) is 0 Å². The highest BCUT2D eigenvalue weighted by atomic mass is 35.5. The molecule has 0 aliphatic rings. The van der Waals surface area contributed by atoms with Crippen LogP contribution in [0.15, 0.2) is 40.8 Å². The lowest BCUT2D eigenvalue weighted by Gasteiger charge is -2.02. The third-order valence-electron chi connectivity index (χ3n) is 2.77. The zero-order chi connectivity index (χ0) is 13.5. The number of halogens is 1. The van der Waals surface area contributed by atoms with Gasteiger partial charge in [0.1, 0.15) is 11.5 Å². The lowest BCUT2D eigenvalue weighted by atomic mass is 10.2. The SMILES string of the molecule is COCCCNCc1ccc(-c2cccc(Cl)c2)o1. The first kappa shape index (κ1) is 14.1. The van der Waals surface area contributed by atoms with Crippen molar-refractivity contribution >= 4 is 11.6 Å². The molecule has 3 nitrogen and oxygen atoms in total. The number of hydrogen-bond acceptors (Lipinski definition) is 3. The maximum atomic E-state index is 5.97. The Morgan fingerprint density at radius 1 is 1.26 bits per heavy atom. The molecule has 1 aromatic carbocycles. The molecule has 102 valence electrons. The summed E-state index contributed by atoms with van der Waals surface area (Å²) < 4.78 is 10.8. The van der Waals surface area contributed by atoms with E-state index in [0.29, 0.717) is 5.02 Å². The van der Waals surface area contributed by atoms with Crippen LogP contribution in [0.2, 0.25) is 5.02 Å². The molecular formula is C15H18ClNO2. The van der Waals surface area contributed by atoms with Gasteiger partial charge in [0, 0.05) is 24.3 Å². The summed E-state index contributed by atoms with van der Waals surface area (Å²) in [5, 5.41) is 4.03. The van der Waals surface area contributed by atoms with Gasteiger partial charge in [0.05, 0.1) is 6.54 Å². The summed E-state index contributed by atoms with van der Waals surface area (Å²) >= 11 is 5.97. The van der Waals surface area contributed by atoms with Gasteiger partial charge in [0.25, 0.3) is 0 Å². The number of methoxy groups -OCH3 is 1. The van der Waals surface area contributed by atoms with Crippen LogP contribution in [0.4, 0.5) is 0 Å². The first-order valence-corrected chi connectivity index (χ1v) is 6.71. The molecule has 1 heterocycles. The summed E-state index contributed by atoms with van der Waals surface area (Å²) in [5.74, 6) is 1.77. The topological polar surface area (TPSA) is 34.4 Å². The normalized spacial score (nSPS) is 10.8. The van der Waals surface area contributed by atoms with Gasteiger partial charge in [0.2, 0.25) is 0 Å². The highest BCUT2D eigenvalue weighted by molar-refractivity contribution is 6.30. The second-order valence-corrected chi connectivity index (χ2v) is 4.74. The van der Waals surface area contributed by atoms with Crippen LogP contribution >= 0.6 is 11.6 Å². The smallest absolute Gasteiger partial charge is 0.134 e. The molecule has 1 N–H and O–H groups in total. The molecular weight excluding hydrogens is 262 g/mol. The van der Waals surface area contributed by atoms with Crippen molar-refractivity contribution in [3.05, 3.63) is 47.2 Å². The minimum absolute atomic E-state index is 0.716. The molecule has 0 saturated carbocycles. The van der Waals surface area contributed by atoms with E-state index in [4.69, 9.17) is 20.8 Å². The molecule has 0 spiro atoms. The van der Waals surface area contributed by atoms with Crippen LogP contribution in [-0.2, 0) is 11.3 Å². The Kier molecular flexibility index (Phi) is 5.45. The first-order chi connectivity index (χ1) is 9.29. The fourth-order valence-electron chi connectivity index (χ4n) is 1.82. The number of hydrogen-bond donors (Lipinski definition) is 1. The maximum Gasteiger partial charge on any atom is 0.134 e. The Labute approximate surface area is 118 Å². The highest BCUT2D eigenvalue weighted by Gasteiger charge is 2.04. The summed E-state index contributed by atoms with van der Waals surface area (Å²) in [7, 11) is 1.71. The minimum Gasteiger partial charge on any atom is -0.460 e. The largest absolute Gasteiger partial charge is 0.460 e. The predicted octanol–water partition coefficient (Wildman–Crippen LogP) is 3.73. The van der Waals surface area contributed by atoms with Crippen LogP contribution in [-0.4, -0.2) is 20.3 Å². The van der Waals surface area contributed by atoms with Gasteiger partial charge in [-0.05, 0) is 37.2 Å². The predicted molar refractivity (Wildman–Crippen MR) is 77.4 cm³/mol. The average molecular weight is 280 g/mol. The van der Waals surface area contributed by atoms with E-state index >= 15 is 0 Å². The molecule has 0 bridgehead atoms. The number of ether oxygens (including phenoxy) is 1. The van der Waals surface area contributed by atoms with E-state index < -0.39 is 0 Å². The fourth-order valence-corrected chi connectivity index (χ4v) is 2.01. The second-order valence-electron chi connectivity index (χ2n) is 4.30. The molecule has 2 rings (SSSR count). The molecule has 0 radical (unpaired) electrons. The van der Waals surface area contributed by atoms with E-state index in [-0.39, 0.29) is 0 Å². The van der Waals surface area contributed by atoms with Crippen LogP contribution < -0.4 is 5.32 Å². The zero-order valence-corrected chi connectivity index (χ0v) is 11.7. The Hall–Kier alpha value is -1.29. The van der Waals surface area contributed by atoms with E-state index in [1.807, 2.05) is 36.4 Å². The average Bonchev–Trinajstić information content (AvgIpc) is 2.87. The zero-order valence-electron chi connectivity index (χ0n) is 11.0. The standard InChI is InChI=1S/C15H18ClNO2/c1-18-9-3-8-17-11-14-6-7-15(19-14)12-4-2-5-13(16)10-12/h2,4-7,10,17H,3,8-9,11H2,1H3. The number of nitrogens with one attached hydrogen (secondary N) is 1. The first-order valence-electron chi connectivity index (χ1n) is 6.34. The Morgan fingerprint density at radius 2 is 2.16 bits per heavy atom. The molecule has 0 unspecified atom stereocenters. The molecule has 0 amide bonds. The van der Waals surface area contributed by atoms with Gasteiger partial charge in [-0.25, -0.2) is 0 Å². The van der Waals surface area contributed by atoms with Crippen molar-refractivity contribution < 1.29 is 9.15 Å². The summed E-state index contributed by atoms with van der Waals surface area (Å²) in [6.07, 6.45) is 0.998. The second kappa shape index (κ2) is 7.34. The van der Waals surface area contributed by atoms with Gasteiger partial charge in [-0.3, -0.25) is 0 Å². The third-order valence-corrected chi connectivity index (χ3v) is 3.01. The molecule has 0 atom stereocenters. The molecule has 4 heteroatoms. The lowest BCUT2D eigenvalue weighted by Crippen LogP contribution is -2.15. The van der Waals surface area contributed by atoms with Crippen LogP contribution in [0.5, 0.6) is 0 Å². The Morgan fingerprint density at radius 3 is 2.95 bits per heavy atom. The van der Waals surface area contributed by atoms with Crippen LogP contribution in [0.1, 0.15) is 12.2 Å². The fraction of sp³-hybridized carbons (Fsp3) is 0.333. The van der Waals surface area contributed by atoms with E-state index in [9.17, 15) is 0 Å². The summed E-state index contributed by atoms with van der Waals surface area (Å²) in [4.78, 5) is 0. The van der Waals surface area contributed by atoms with Crippen molar-refractivity contribution in [3.8, 4) is 11.3 Å². The van der Waals surface area contributed by atoms with Crippen molar-refractivity contribution in [3.63, 3.8) is 0 Å². The Bertz CT molecular complexity index is 510. The van der Waals surface area contributed by atoms with Gasteiger partial charge < -0.3 is 14.5 Å². The minimum atomic E-state index is 0.716. The molecule has 0 fully saturated rings. The van der Waals surface area contributed by atoms with Crippen molar-refractivity contribution in [2.24, 2.45) is 0 Å². The van der Waals surface area contributed by atoms with E-state index in [1.165, 1.54) is 0 Å². The molecule has 2 aromatic rings. The molecule has 0 aliphatic carbocycles. The van der Waals surface area contributed by atoms with Crippen molar-refractivity contribution in [1.29, 1.82) is 0 Å². The van der Waals surface area contributed by atoms with E-state index in [1.54, 1.807) is 7.11 Å². The van der Waals surface area contributed by atoms with Crippen LogP contribution in [0.25, 0.3) is 11.3 Å². The maximum absolute atomic E-state index is 5.97. The van der Waals surface area contributed by atoms with Gasteiger partial charge in [-0.2, -0.15) is 0 Å². The van der Waals surface area contributed by atoms with Crippen molar-refractivity contribution in [2.45, 2.75) is 13.0 Å². The van der Waals surface area contributed by atoms with Gasteiger partial charge >= 0.3 is 0 Å².